The number of piperazine rings is 1. The highest BCUT2D eigenvalue weighted by Crippen LogP contribution is 2.24. The molecule has 2 heterocycles. The van der Waals surface area contributed by atoms with Crippen LogP contribution in [0.15, 0.2) is 0 Å². The number of hydrogen-bond acceptors (Lipinski definition) is 4. The van der Waals surface area contributed by atoms with Crippen LogP contribution in [0.4, 0.5) is 0 Å². The first-order chi connectivity index (χ1) is 9.49. The van der Waals surface area contributed by atoms with Crippen molar-refractivity contribution < 1.29 is 14.7 Å². The van der Waals surface area contributed by atoms with E-state index in [9.17, 15) is 9.59 Å². The third kappa shape index (κ3) is 3.49. The fraction of sp³-hybridized carbons (Fsp3) is 0.857. The van der Waals surface area contributed by atoms with Crippen molar-refractivity contribution in [2.24, 2.45) is 5.73 Å². The van der Waals surface area contributed by atoms with E-state index in [0.29, 0.717) is 6.04 Å². The summed E-state index contributed by atoms with van der Waals surface area (Å²) in [7, 11) is 0. The number of carbonyl (C=O) groups is 2. The van der Waals surface area contributed by atoms with Crippen LogP contribution in [0.1, 0.15) is 39.0 Å². The van der Waals surface area contributed by atoms with Gasteiger partial charge in [-0.3, -0.25) is 14.5 Å². The van der Waals surface area contributed by atoms with Gasteiger partial charge < -0.3 is 15.7 Å². The summed E-state index contributed by atoms with van der Waals surface area (Å²) in [6.45, 7) is 4.82. The molecule has 0 aromatic carbocycles. The van der Waals surface area contributed by atoms with Crippen LogP contribution in [0.2, 0.25) is 0 Å². The van der Waals surface area contributed by atoms with Crippen molar-refractivity contribution in [3.8, 4) is 0 Å². The van der Waals surface area contributed by atoms with Crippen LogP contribution in [-0.2, 0) is 9.59 Å². The number of hydrogen-bond donors (Lipinski definition) is 2. The predicted molar refractivity (Wildman–Crippen MR) is 75.2 cm³/mol. The van der Waals surface area contributed by atoms with Crippen LogP contribution in [0.25, 0.3) is 0 Å². The number of carboxylic acid groups (broad SMARTS) is 1. The van der Waals surface area contributed by atoms with Gasteiger partial charge in [-0.2, -0.15) is 0 Å². The molecule has 3 atom stereocenters. The van der Waals surface area contributed by atoms with Gasteiger partial charge >= 0.3 is 5.97 Å². The molecule has 3 unspecified atom stereocenters. The molecule has 0 saturated carbocycles. The number of carbonyl (C=O) groups excluding carboxylic acids is 1. The highest BCUT2D eigenvalue weighted by molar-refractivity contribution is 5.82. The second kappa shape index (κ2) is 6.54. The normalized spacial score (nSPS) is 28.8. The second-order valence-electron chi connectivity index (χ2n) is 6.02. The van der Waals surface area contributed by atoms with Crippen molar-refractivity contribution >= 4 is 11.9 Å². The zero-order valence-corrected chi connectivity index (χ0v) is 12.1. The Morgan fingerprint density at radius 1 is 1.35 bits per heavy atom. The molecule has 114 valence electrons. The zero-order chi connectivity index (χ0) is 14.7. The van der Waals surface area contributed by atoms with E-state index >= 15 is 0 Å². The smallest absolute Gasteiger partial charge is 0.303 e. The average Bonchev–Trinajstić information content (AvgIpc) is 2.43. The second-order valence-corrected chi connectivity index (χ2v) is 6.02. The standard InChI is InChI=1S/C14H25N3O3/c1-10-8-16-7-3-2-4-11(16)9-17(10)14(20)12(15)5-6-13(18)19/h10-12H,2-9,15H2,1H3,(H,18,19). The zero-order valence-electron chi connectivity index (χ0n) is 12.1. The topological polar surface area (TPSA) is 86.9 Å². The first kappa shape index (κ1) is 15.3. The minimum Gasteiger partial charge on any atom is -0.481 e. The lowest BCUT2D eigenvalue weighted by Gasteiger charge is -2.48. The van der Waals surface area contributed by atoms with Crippen molar-refractivity contribution in [3.63, 3.8) is 0 Å². The van der Waals surface area contributed by atoms with Gasteiger partial charge in [-0.05, 0) is 32.7 Å². The van der Waals surface area contributed by atoms with E-state index in [-0.39, 0.29) is 24.8 Å². The molecule has 0 aliphatic carbocycles. The number of amides is 1. The maximum Gasteiger partial charge on any atom is 0.303 e. The molecule has 6 heteroatoms. The number of piperidine rings is 1. The lowest BCUT2D eigenvalue weighted by Crippen LogP contribution is -2.62. The van der Waals surface area contributed by atoms with Crippen molar-refractivity contribution in [1.82, 2.24) is 9.80 Å². The molecule has 2 aliphatic heterocycles. The van der Waals surface area contributed by atoms with Gasteiger partial charge in [0.2, 0.25) is 5.91 Å². The Morgan fingerprint density at radius 3 is 2.80 bits per heavy atom. The molecule has 20 heavy (non-hydrogen) atoms. The van der Waals surface area contributed by atoms with Crippen LogP contribution in [0, 0.1) is 0 Å². The Morgan fingerprint density at radius 2 is 2.10 bits per heavy atom. The minimum atomic E-state index is -0.904. The van der Waals surface area contributed by atoms with Gasteiger partial charge in [0.25, 0.3) is 0 Å². The van der Waals surface area contributed by atoms with E-state index in [1.165, 1.54) is 12.8 Å². The Labute approximate surface area is 119 Å². The fourth-order valence-electron chi connectivity index (χ4n) is 3.27. The van der Waals surface area contributed by atoms with Crippen LogP contribution in [0.3, 0.4) is 0 Å². The number of rotatable bonds is 4. The SMILES string of the molecule is CC1CN2CCCCC2CN1C(=O)C(N)CCC(=O)O. The van der Waals surface area contributed by atoms with Crippen molar-refractivity contribution in [2.75, 3.05) is 19.6 Å². The molecule has 0 aromatic heterocycles. The van der Waals surface area contributed by atoms with Crippen LogP contribution in [0.5, 0.6) is 0 Å². The Bertz CT molecular complexity index is 375. The molecule has 0 aromatic rings. The third-order valence-electron chi connectivity index (χ3n) is 4.46. The van der Waals surface area contributed by atoms with Crippen molar-refractivity contribution in [3.05, 3.63) is 0 Å². The Hall–Kier alpha value is -1.14. The lowest BCUT2D eigenvalue weighted by molar-refractivity contribution is -0.140. The predicted octanol–water partition coefficient (Wildman–Crippen LogP) is 0.264. The summed E-state index contributed by atoms with van der Waals surface area (Å²) in [6.07, 6.45) is 3.77. The highest BCUT2D eigenvalue weighted by atomic mass is 16.4. The lowest BCUT2D eigenvalue weighted by atomic mass is 9.96. The Kier molecular flexibility index (Phi) is 4.99. The van der Waals surface area contributed by atoms with E-state index < -0.39 is 12.0 Å². The van der Waals surface area contributed by atoms with E-state index in [1.54, 1.807) is 0 Å². The summed E-state index contributed by atoms with van der Waals surface area (Å²) < 4.78 is 0. The Balaban J connectivity index is 1.93. The van der Waals surface area contributed by atoms with E-state index in [1.807, 2.05) is 11.8 Å². The first-order valence-corrected chi connectivity index (χ1v) is 7.51. The quantitative estimate of drug-likeness (QED) is 0.773. The van der Waals surface area contributed by atoms with Gasteiger partial charge in [-0.1, -0.05) is 6.42 Å². The van der Waals surface area contributed by atoms with Gasteiger partial charge in [-0.15, -0.1) is 0 Å². The fourth-order valence-corrected chi connectivity index (χ4v) is 3.27. The molecule has 1 amide bonds. The molecular weight excluding hydrogens is 258 g/mol. The summed E-state index contributed by atoms with van der Waals surface area (Å²) in [5, 5.41) is 8.67. The largest absolute Gasteiger partial charge is 0.481 e. The van der Waals surface area contributed by atoms with E-state index in [4.69, 9.17) is 10.8 Å². The molecule has 3 N–H and O–H groups in total. The number of aliphatic carboxylic acids is 1. The highest BCUT2D eigenvalue weighted by Gasteiger charge is 2.36. The van der Waals surface area contributed by atoms with Crippen LogP contribution < -0.4 is 5.73 Å². The van der Waals surface area contributed by atoms with Crippen LogP contribution in [-0.4, -0.2) is 64.5 Å². The molecule has 0 spiro atoms. The van der Waals surface area contributed by atoms with Gasteiger partial charge in [-0.25, -0.2) is 0 Å². The van der Waals surface area contributed by atoms with Gasteiger partial charge in [0, 0.05) is 31.6 Å². The third-order valence-corrected chi connectivity index (χ3v) is 4.46. The summed E-state index contributed by atoms with van der Waals surface area (Å²) in [6, 6.07) is -0.0769. The molecule has 0 radical (unpaired) electrons. The van der Waals surface area contributed by atoms with E-state index in [0.717, 1.165) is 26.1 Å². The summed E-state index contributed by atoms with van der Waals surface area (Å²) in [4.78, 5) is 27.3. The molecule has 6 nitrogen and oxygen atoms in total. The van der Waals surface area contributed by atoms with Gasteiger partial charge in [0.05, 0.1) is 6.04 Å². The van der Waals surface area contributed by atoms with Crippen molar-refractivity contribution in [2.45, 2.75) is 57.2 Å². The molecule has 2 fully saturated rings. The number of nitrogens with two attached hydrogens (primary N) is 1. The van der Waals surface area contributed by atoms with Crippen molar-refractivity contribution in [1.29, 1.82) is 0 Å². The summed E-state index contributed by atoms with van der Waals surface area (Å²) >= 11 is 0. The molecule has 2 saturated heterocycles. The molecule has 2 aliphatic rings. The van der Waals surface area contributed by atoms with Gasteiger partial charge in [0.1, 0.15) is 0 Å². The van der Waals surface area contributed by atoms with Crippen LogP contribution >= 0.6 is 0 Å². The molecule has 2 rings (SSSR count). The first-order valence-electron chi connectivity index (χ1n) is 7.51. The average molecular weight is 283 g/mol. The van der Waals surface area contributed by atoms with E-state index in [2.05, 4.69) is 4.90 Å². The number of fused-ring (bicyclic) bond motifs is 1. The summed E-state index contributed by atoms with van der Waals surface area (Å²) in [5.74, 6) is -0.998. The minimum absolute atomic E-state index is 0.0509. The number of nitrogens with zero attached hydrogens (tertiary/aromatic N) is 2. The maximum atomic E-state index is 12.4. The maximum absolute atomic E-state index is 12.4. The molecular formula is C14H25N3O3. The summed E-state index contributed by atoms with van der Waals surface area (Å²) in [5.41, 5.74) is 5.86. The van der Waals surface area contributed by atoms with Gasteiger partial charge in [0.15, 0.2) is 0 Å². The monoisotopic (exact) mass is 283 g/mol. The molecule has 0 bridgehead atoms. The number of carboxylic acids is 1.